The van der Waals surface area contributed by atoms with Gasteiger partial charge in [-0.3, -0.25) is 4.79 Å². The topological polar surface area (TPSA) is 47.6 Å². The summed E-state index contributed by atoms with van der Waals surface area (Å²) in [4.78, 5) is 13.2. The van der Waals surface area contributed by atoms with Crippen LogP contribution in [-0.4, -0.2) is 20.1 Å². The Morgan fingerprint density at radius 1 is 0.929 bits per heavy atom. The van der Waals surface area contributed by atoms with Gasteiger partial charge in [0.1, 0.15) is 11.5 Å². The Hall–Kier alpha value is -3.24. The Morgan fingerprint density at radius 3 is 2.32 bits per heavy atom. The van der Waals surface area contributed by atoms with Crippen molar-refractivity contribution in [3.05, 3.63) is 88.9 Å². The molecule has 3 rings (SSSR count). The summed E-state index contributed by atoms with van der Waals surface area (Å²) in [6, 6.07) is 22.0. The quantitative estimate of drug-likeness (QED) is 0.442. The third kappa shape index (κ3) is 4.53. The van der Waals surface area contributed by atoms with Crippen LogP contribution in [0.25, 0.3) is 11.6 Å². The second-order valence-corrected chi connectivity index (χ2v) is 6.37. The van der Waals surface area contributed by atoms with Crippen molar-refractivity contribution in [1.29, 1.82) is 0 Å². The minimum absolute atomic E-state index is 0.280. The standard InChI is InChI=1S/C23H20ClNO3/c1-27-18-12-13-22(28-2)21(15-18)25-23(26)19(16-8-4-3-5-9-16)14-17-10-6-7-11-20(17)24/h3-15H,1-2H3,(H,25,26). The number of rotatable bonds is 6. The van der Waals surface area contributed by atoms with Gasteiger partial charge in [-0.05, 0) is 35.4 Å². The number of amides is 1. The lowest BCUT2D eigenvalue weighted by atomic mass is 10.0. The van der Waals surface area contributed by atoms with Crippen molar-refractivity contribution in [2.45, 2.75) is 0 Å². The lowest BCUT2D eigenvalue weighted by Crippen LogP contribution is -2.14. The van der Waals surface area contributed by atoms with E-state index >= 15 is 0 Å². The van der Waals surface area contributed by atoms with Crippen LogP contribution in [0.1, 0.15) is 11.1 Å². The second kappa shape index (κ2) is 9.11. The molecule has 28 heavy (non-hydrogen) atoms. The molecule has 0 aliphatic carbocycles. The van der Waals surface area contributed by atoms with Crippen LogP contribution in [-0.2, 0) is 4.79 Å². The fraction of sp³-hybridized carbons (Fsp3) is 0.0870. The molecule has 5 heteroatoms. The Kier molecular flexibility index (Phi) is 6.35. The van der Waals surface area contributed by atoms with Crippen LogP contribution in [0, 0.1) is 0 Å². The Labute approximate surface area is 169 Å². The highest BCUT2D eigenvalue weighted by Gasteiger charge is 2.16. The monoisotopic (exact) mass is 393 g/mol. The number of ether oxygens (including phenoxy) is 2. The zero-order chi connectivity index (χ0) is 19.9. The fourth-order valence-corrected chi connectivity index (χ4v) is 2.94. The van der Waals surface area contributed by atoms with Gasteiger partial charge in [-0.15, -0.1) is 0 Å². The number of anilines is 1. The number of carbonyl (C=O) groups excluding carboxylic acids is 1. The lowest BCUT2D eigenvalue weighted by Gasteiger charge is -2.14. The molecule has 142 valence electrons. The highest BCUT2D eigenvalue weighted by atomic mass is 35.5. The maximum absolute atomic E-state index is 13.2. The molecule has 0 saturated heterocycles. The average molecular weight is 394 g/mol. The average Bonchev–Trinajstić information content (AvgIpc) is 2.73. The highest BCUT2D eigenvalue weighted by molar-refractivity contribution is 6.34. The van der Waals surface area contributed by atoms with Gasteiger partial charge in [0.2, 0.25) is 0 Å². The maximum atomic E-state index is 13.2. The van der Waals surface area contributed by atoms with Crippen molar-refractivity contribution < 1.29 is 14.3 Å². The van der Waals surface area contributed by atoms with Gasteiger partial charge in [0.15, 0.2) is 0 Å². The van der Waals surface area contributed by atoms with E-state index in [2.05, 4.69) is 5.32 Å². The van der Waals surface area contributed by atoms with E-state index in [1.807, 2.05) is 48.5 Å². The molecular weight excluding hydrogens is 374 g/mol. The van der Waals surface area contributed by atoms with Crippen molar-refractivity contribution in [2.75, 3.05) is 19.5 Å². The molecule has 0 spiro atoms. The van der Waals surface area contributed by atoms with Crippen molar-refractivity contribution in [2.24, 2.45) is 0 Å². The summed E-state index contributed by atoms with van der Waals surface area (Å²) < 4.78 is 10.6. The van der Waals surface area contributed by atoms with Crippen molar-refractivity contribution in [3.63, 3.8) is 0 Å². The molecule has 3 aromatic carbocycles. The van der Waals surface area contributed by atoms with Crippen LogP contribution in [0.15, 0.2) is 72.8 Å². The van der Waals surface area contributed by atoms with Gasteiger partial charge in [-0.25, -0.2) is 0 Å². The number of benzene rings is 3. The smallest absolute Gasteiger partial charge is 0.256 e. The third-order valence-corrected chi connectivity index (χ3v) is 4.53. The van der Waals surface area contributed by atoms with Crippen LogP contribution >= 0.6 is 11.6 Å². The molecule has 0 aliphatic heterocycles. The van der Waals surface area contributed by atoms with Crippen LogP contribution in [0.5, 0.6) is 11.5 Å². The molecule has 0 bridgehead atoms. The Bertz CT molecular complexity index is 1000. The van der Waals surface area contributed by atoms with Gasteiger partial charge in [-0.1, -0.05) is 60.1 Å². The van der Waals surface area contributed by atoms with Gasteiger partial charge < -0.3 is 14.8 Å². The zero-order valence-corrected chi connectivity index (χ0v) is 16.4. The summed E-state index contributed by atoms with van der Waals surface area (Å²) in [7, 11) is 3.12. The Balaban J connectivity index is 2.02. The number of methoxy groups -OCH3 is 2. The van der Waals surface area contributed by atoms with E-state index in [4.69, 9.17) is 21.1 Å². The first-order valence-corrected chi connectivity index (χ1v) is 9.05. The molecule has 1 N–H and O–H groups in total. The summed E-state index contributed by atoms with van der Waals surface area (Å²) in [6.07, 6.45) is 1.78. The molecule has 1 amide bonds. The first-order chi connectivity index (χ1) is 13.6. The zero-order valence-electron chi connectivity index (χ0n) is 15.6. The molecule has 0 atom stereocenters. The number of halogens is 1. The molecule has 0 radical (unpaired) electrons. The van der Waals surface area contributed by atoms with Crippen molar-refractivity contribution >= 4 is 34.8 Å². The van der Waals surface area contributed by atoms with E-state index in [0.717, 1.165) is 11.1 Å². The van der Waals surface area contributed by atoms with E-state index in [0.29, 0.717) is 27.8 Å². The van der Waals surface area contributed by atoms with E-state index in [-0.39, 0.29) is 5.91 Å². The van der Waals surface area contributed by atoms with Gasteiger partial charge in [-0.2, -0.15) is 0 Å². The summed E-state index contributed by atoms with van der Waals surface area (Å²) >= 11 is 6.30. The molecule has 3 aromatic rings. The van der Waals surface area contributed by atoms with Crippen LogP contribution in [0.3, 0.4) is 0 Å². The Morgan fingerprint density at radius 2 is 1.64 bits per heavy atom. The normalized spacial score (nSPS) is 11.0. The van der Waals surface area contributed by atoms with E-state index < -0.39 is 0 Å². The molecule has 0 unspecified atom stereocenters. The van der Waals surface area contributed by atoms with Gasteiger partial charge >= 0.3 is 0 Å². The minimum atomic E-state index is -0.280. The minimum Gasteiger partial charge on any atom is -0.497 e. The summed E-state index contributed by atoms with van der Waals surface area (Å²) in [5, 5.41) is 3.49. The van der Waals surface area contributed by atoms with Crippen molar-refractivity contribution in [3.8, 4) is 11.5 Å². The molecule has 0 heterocycles. The van der Waals surface area contributed by atoms with Crippen LogP contribution in [0.2, 0.25) is 5.02 Å². The molecule has 4 nitrogen and oxygen atoms in total. The molecule has 0 aromatic heterocycles. The van der Waals surface area contributed by atoms with E-state index in [1.165, 1.54) is 0 Å². The SMILES string of the molecule is COc1ccc(OC)c(NC(=O)C(=Cc2ccccc2Cl)c2ccccc2)c1. The second-order valence-electron chi connectivity index (χ2n) is 5.97. The first-order valence-electron chi connectivity index (χ1n) is 8.67. The van der Waals surface area contributed by atoms with Gasteiger partial charge in [0.05, 0.1) is 19.9 Å². The fourth-order valence-electron chi connectivity index (χ4n) is 2.75. The lowest BCUT2D eigenvalue weighted by molar-refractivity contribution is -0.111. The van der Waals surface area contributed by atoms with Gasteiger partial charge in [0.25, 0.3) is 5.91 Å². The van der Waals surface area contributed by atoms with Crippen LogP contribution in [0.4, 0.5) is 5.69 Å². The van der Waals surface area contributed by atoms with E-state index in [9.17, 15) is 4.79 Å². The molecule has 0 aliphatic rings. The summed E-state index contributed by atoms with van der Waals surface area (Å²) in [6.45, 7) is 0. The summed E-state index contributed by atoms with van der Waals surface area (Å²) in [5.41, 5.74) is 2.55. The van der Waals surface area contributed by atoms with E-state index in [1.54, 1.807) is 44.6 Å². The predicted octanol–water partition coefficient (Wildman–Crippen LogP) is 5.54. The number of hydrogen-bond acceptors (Lipinski definition) is 3. The molecular formula is C23H20ClNO3. The highest BCUT2D eigenvalue weighted by Crippen LogP contribution is 2.31. The first kappa shape index (κ1) is 19.5. The largest absolute Gasteiger partial charge is 0.497 e. The van der Waals surface area contributed by atoms with Crippen LogP contribution < -0.4 is 14.8 Å². The number of nitrogens with one attached hydrogen (secondary N) is 1. The summed E-state index contributed by atoms with van der Waals surface area (Å²) in [5.74, 6) is 0.879. The number of hydrogen-bond donors (Lipinski definition) is 1. The van der Waals surface area contributed by atoms with Crippen molar-refractivity contribution in [1.82, 2.24) is 0 Å². The van der Waals surface area contributed by atoms with Gasteiger partial charge in [0, 0.05) is 16.7 Å². The number of carbonyl (C=O) groups is 1. The maximum Gasteiger partial charge on any atom is 0.256 e. The predicted molar refractivity (Wildman–Crippen MR) is 114 cm³/mol. The molecule has 0 saturated carbocycles. The third-order valence-electron chi connectivity index (χ3n) is 4.19. The molecule has 0 fully saturated rings.